The number of benzene rings is 2. The van der Waals surface area contributed by atoms with Crippen molar-refractivity contribution in [2.75, 3.05) is 20.3 Å². The average molecular weight is 430 g/mol. The topological polar surface area (TPSA) is 92.4 Å². The number of H-pyrrole nitrogens is 1. The number of sulfonamides is 1. The molecule has 1 heterocycles. The van der Waals surface area contributed by atoms with Crippen molar-refractivity contribution in [1.29, 1.82) is 0 Å². The van der Waals surface area contributed by atoms with Gasteiger partial charge in [-0.2, -0.15) is 4.31 Å². The molecule has 0 saturated carbocycles. The lowest BCUT2D eigenvalue weighted by molar-refractivity contribution is 0.176. The Morgan fingerprint density at radius 1 is 1.13 bits per heavy atom. The van der Waals surface area contributed by atoms with Crippen molar-refractivity contribution in [3.8, 4) is 0 Å². The summed E-state index contributed by atoms with van der Waals surface area (Å²) in [4.78, 5) is 19.7. The summed E-state index contributed by atoms with van der Waals surface area (Å²) in [5.74, 6) is 0.646. The van der Waals surface area contributed by atoms with E-state index < -0.39 is 10.0 Å². The maximum Gasteiger partial charge on any atom is 0.258 e. The predicted molar refractivity (Wildman–Crippen MR) is 117 cm³/mol. The Bertz CT molecular complexity index is 1160. The van der Waals surface area contributed by atoms with E-state index in [1.54, 1.807) is 36.4 Å². The molecule has 0 spiro atoms. The normalized spacial score (nSPS) is 13.1. The van der Waals surface area contributed by atoms with Gasteiger partial charge in [0.15, 0.2) is 0 Å². The van der Waals surface area contributed by atoms with Gasteiger partial charge in [0.25, 0.3) is 5.56 Å². The molecule has 0 aliphatic carbocycles. The molecule has 0 saturated heterocycles. The molecule has 1 N–H and O–H groups in total. The lowest BCUT2D eigenvalue weighted by atomic mass is 9.99. The zero-order chi connectivity index (χ0) is 21.7. The molecule has 1 aromatic heterocycles. The minimum Gasteiger partial charge on any atom is -0.383 e. The van der Waals surface area contributed by atoms with Crippen LogP contribution in [0.5, 0.6) is 0 Å². The molecule has 2 aromatic carbocycles. The molecule has 8 heteroatoms. The third kappa shape index (κ3) is 4.77. The third-order valence-electron chi connectivity index (χ3n) is 5.23. The van der Waals surface area contributed by atoms with Crippen molar-refractivity contribution in [2.45, 2.75) is 37.6 Å². The number of nitrogens with one attached hydrogen (secondary N) is 1. The Hall–Kier alpha value is -2.55. The second-order valence-electron chi connectivity index (χ2n) is 7.24. The smallest absolute Gasteiger partial charge is 0.258 e. The molecule has 7 nitrogen and oxygen atoms in total. The van der Waals surface area contributed by atoms with Crippen molar-refractivity contribution in [3.63, 3.8) is 0 Å². The number of nitrogens with zero attached hydrogens (tertiary/aromatic N) is 2. The van der Waals surface area contributed by atoms with Gasteiger partial charge in [-0.15, -0.1) is 0 Å². The number of aromatic amines is 1. The van der Waals surface area contributed by atoms with Gasteiger partial charge < -0.3 is 9.72 Å². The van der Waals surface area contributed by atoms with Gasteiger partial charge in [0.2, 0.25) is 10.0 Å². The van der Waals surface area contributed by atoms with Gasteiger partial charge in [-0.25, -0.2) is 13.4 Å². The van der Waals surface area contributed by atoms with Crippen molar-refractivity contribution < 1.29 is 13.2 Å². The second-order valence-corrected chi connectivity index (χ2v) is 9.18. The summed E-state index contributed by atoms with van der Waals surface area (Å²) in [5, 5.41) is 0.466. The van der Waals surface area contributed by atoms with Gasteiger partial charge in [-0.3, -0.25) is 4.79 Å². The minimum absolute atomic E-state index is 0.0567. The Morgan fingerprint density at radius 2 is 1.83 bits per heavy atom. The van der Waals surface area contributed by atoms with Crippen LogP contribution in [-0.2, 0) is 21.3 Å². The second kappa shape index (κ2) is 9.51. The molecular formula is C22H27N3O4S. The molecular weight excluding hydrogens is 402 g/mol. The van der Waals surface area contributed by atoms with E-state index in [0.29, 0.717) is 16.8 Å². The van der Waals surface area contributed by atoms with Crippen LogP contribution >= 0.6 is 0 Å². The number of hydrogen-bond donors (Lipinski definition) is 1. The summed E-state index contributed by atoms with van der Waals surface area (Å²) in [7, 11) is -2.28. The van der Waals surface area contributed by atoms with E-state index in [0.717, 1.165) is 12.0 Å². The first-order valence-corrected chi connectivity index (χ1v) is 11.4. The molecule has 0 fully saturated rings. The lowest BCUT2D eigenvalue weighted by Gasteiger charge is -2.22. The summed E-state index contributed by atoms with van der Waals surface area (Å²) in [5.41, 5.74) is 1.33. The van der Waals surface area contributed by atoms with Crippen molar-refractivity contribution in [1.82, 2.24) is 14.3 Å². The maximum absolute atomic E-state index is 13.3. The first-order valence-electron chi connectivity index (χ1n) is 9.93. The summed E-state index contributed by atoms with van der Waals surface area (Å²) in [6, 6.07) is 13.9. The van der Waals surface area contributed by atoms with Gasteiger partial charge in [0, 0.05) is 13.7 Å². The molecule has 30 heavy (non-hydrogen) atoms. The summed E-state index contributed by atoms with van der Waals surface area (Å²) >= 11 is 0. The first-order chi connectivity index (χ1) is 14.4. The van der Waals surface area contributed by atoms with Gasteiger partial charge in [0.1, 0.15) is 5.82 Å². The highest BCUT2D eigenvalue weighted by molar-refractivity contribution is 7.89. The number of para-hydroxylation sites is 1. The van der Waals surface area contributed by atoms with Crippen molar-refractivity contribution in [3.05, 3.63) is 70.3 Å². The number of rotatable bonds is 9. The van der Waals surface area contributed by atoms with Crippen molar-refractivity contribution >= 4 is 20.9 Å². The highest BCUT2D eigenvalue weighted by atomic mass is 32.2. The summed E-state index contributed by atoms with van der Waals surface area (Å²) in [6.07, 6.45) is 0.979. The first kappa shape index (κ1) is 22.1. The Labute approximate surface area is 176 Å². The van der Waals surface area contributed by atoms with Crippen LogP contribution < -0.4 is 5.56 Å². The zero-order valence-corrected chi connectivity index (χ0v) is 18.3. The van der Waals surface area contributed by atoms with E-state index in [-0.39, 0.29) is 36.0 Å². The molecule has 3 aromatic rings. The number of hydrogen-bond acceptors (Lipinski definition) is 5. The van der Waals surface area contributed by atoms with E-state index in [4.69, 9.17) is 4.74 Å². The van der Waals surface area contributed by atoms with Gasteiger partial charge in [-0.1, -0.05) is 38.1 Å². The molecule has 1 unspecified atom stereocenters. The number of fused-ring (bicyclic) bond motifs is 1. The highest BCUT2D eigenvalue weighted by Crippen LogP contribution is 2.23. The summed E-state index contributed by atoms with van der Waals surface area (Å²) in [6.45, 7) is 4.51. The monoisotopic (exact) mass is 429 g/mol. The van der Waals surface area contributed by atoms with E-state index in [1.165, 1.54) is 11.4 Å². The van der Waals surface area contributed by atoms with Crippen LogP contribution in [-0.4, -0.2) is 43.0 Å². The maximum atomic E-state index is 13.3. The van der Waals surface area contributed by atoms with Crippen LogP contribution in [0, 0.1) is 0 Å². The molecule has 3 rings (SSSR count). The fraction of sp³-hybridized carbons (Fsp3) is 0.364. The molecule has 0 aliphatic rings. The molecule has 160 valence electrons. The van der Waals surface area contributed by atoms with Crippen LogP contribution in [0.4, 0.5) is 0 Å². The third-order valence-corrected chi connectivity index (χ3v) is 7.09. The van der Waals surface area contributed by atoms with E-state index in [1.807, 2.05) is 12.1 Å². The number of methoxy groups -OCH3 is 1. The van der Waals surface area contributed by atoms with E-state index >= 15 is 0 Å². The highest BCUT2D eigenvalue weighted by Gasteiger charge is 2.25. The van der Waals surface area contributed by atoms with E-state index in [9.17, 15) is 13.2 Å². The SMILES string of the molecule is CCC(C)c1ccc(S(=O)(=O)N(CCOC)Cc2nc3ccccc3c(=O)[nH]2)cc1. The molecule has 0 bridgehead atoms. The molecule has 0 aliphatic heterocycles. The van der Waals surface area contributed by atoms with Gasteiger partial charge in [0.05, 0.1) is 29.0 Å². The Kier molecular flexibility index (Phi) is 7.02. The lowest BCUT2D eigenvalue weighted by Crippen LogP contribution is -2.34. The quantitative estimate of drug-likeness (QED) is 0.564. The van der Waals surface area contributed by atoms with Crippen LogP contribution in [0.25, 0.3) is 10.9 Å². The molecule has 1 atom stereocenters. The minimum atomic E-state index is -3.80. The zero-order valence-electron chi connectivity index (χ0n) is 17.5. The predicted octanol–water partition coefficient (Wildman–Crippen LogP) is 3.27. The van der Waals surface area contributed by atoms with Crippen molar-refractivity contribution in [2.24, 2.45) is 0 Å². The Balaban J connectivity index is 1.94. The van der Waals surface area contributed by atoms with Gasteiger partial charge in [-0.05, 0) is 42.2 Å². The summed E-state index contributed by atoms with van der Waals surface area (Å²) < 4.78 is 33.0. The largest absolute Gasteiger partial charge is 0.383 e. The fourth-order valence-electron chi connectivity index (χ4n) is 3.21. The van der Waals surface area contributed by atoms with E-state index in [2.05, 4.69) is 23.8 Å². The van der Waals surface area contributed by atoms with Gasteiger partial charge >= 0.3 is 0 Å². The number of aromatic nitrogens is 2. The average Bonchev–Trinajstić information content (AvgIpc) is 2.76. The molecule has 0 radical (unpaired) electrons. The van der Waals surface area contributed by atoms with Crippen LogP contribution in [0.2, 0.25) is 0 Å². The Morgan fingerprint density at radius 3 is 2.50 bits per heavy atom. The van der Waals surface area contributed by atoms with Crippen LogP contribution in [0.1, 0.15) is 37.6 Å². The molecule has 0 amide bonds. The van der Waals surface area contributed by atoms with Crippen LogP contribution in [0.3, 0.4) is 0 Å². The standard InChI is InChI=1S/C22H27N3O4S/c1-4-16(2)17-9-11-18(12-10-17)30(27,28)25(13-14-29-3)15-21-23-20-8-6-5-7-19(20)22(26)24-21/h5-12,16H,4,13-15H2,1-3H3,(H,23,24,26). The fourth-order valence-corrected chi connectivity index (χ4v) is 4.59. The number of ether oxygens (including phenoxy) is 1. The van der Waals surface area contributed by atoms with Crippen LogP contribution in [0.15, 0.2) is 58.2 Å².